The Morgan fingerprint density at radius 2 is 1.74 bits per heavy atom. The van der Waals surface area contributed by atoms with Crippen molar-refractivity contribution in [2.75, 3.05) is 25.0 Å². The van der Waals surface area contributed by atoms with Gasteiger partial charge in [-0.3, -0.25) is 9.59 Å². The number of hydrogen-bond donors (Lipinski definition) is 1. The summed E-state index contributed by atoms with van der Waals surface area (Å²) in [4.78, 5) is 35.9. The molecule has 9 heteroatoms. The number of anilines is 1. The summed E-state index contributed by atoms with van der Waals surface area (Å²) >= 11 is 0. The Morgan fingerprint density at radius 1 is 1.06 bits per heavy atom. The van der Waals surface area contributed by atoms with Crippen molar-refractivity contribution in [2.45, 2.75) is 39.0 Å². The zero-order chi connectivity index (χ0) is 24.1. The highest BCUT2D eigenvalue weighted by molar-refractivity contribution is 5.92. The van der Waals surface area contributed by atoms with Gasteiger partial charge in [-0.2, -0.15) is 9.78 Å². The van der Waals surface area contributed by atoms with Gasteiger partial charge in [0.05, 0.1) is 5.69 Å². The van der Waals surface area contributed by atoms with Crippen molar-refractivity contribution < 1.29 is 14.3 Å². The van der Waals surface area contributed by atoms with Crippen LogP contribution in [-0.4, -0.2) is 56.2 Å². The molecule has 0 unspecified atom stereocenters. The fourth-order valence-electron chi connectivity index (χ4n) is 3.76. The molecule has 4 rings (SSSR count). The molecule has 1 aliphatic rings. The largest absolute Gasteiger partial charge is 0.484 e. The minimum Gasteiger partial charge on any atom is -0.484 e. The summed E-state index contributed by atoms with van der Waals surface area (Å²) in [6.07, 6.45) is 4.46. The minimum absolute atomic E-state index is 0.00723. The van der Waals surface area contributed by atoms with Gasteiger partial charge >= 0.3 is 0 Å². The maximum absolute atomic E-state index is 13.1. The van der Waals surface area contributed by atoms with E-state index >= 15 is 0 Å². The van der Waals surface area contributed by atoms with Gasteiger partial charge in [-0.05, 0) is 31.0 Å². The number of carbonyl (C=O) groups is 2. The Balaban J connectivity index is 1.37. The average Bonchev–Trinajstić information content (AvgIpc) is 3.28. The predicted molar refractivity (Wildman–Crippen MR) is 128 cm³/mol. The molecule has 3 aromatic rings. The van der Waals surface area contributed by atoms with E-state index in [0.717, 1.165) is 5.69 Å². The number of likely N-dealkylation sites (tertiary alicyclic amines) is 1. The lowest BCUT2D eigenvalue weighted by Gasteiger charge is -2.31. The zero-order valence-corrected chi connectivity index (χ0v) is 19.8. The van der Waals surface area contributed by atoms with Crippen molar-refractivity contribution in [2.24, 2.45) is 5.92 Å². The van der Waals surface area contributed by atoms with Crippen molar-refractivity contribution in [3.05, 3.63) is 60.6 Å². The molecule has 1 fully saturated rings. The molecule has 9 nitrogen and oxygen atoms in total. The number of nitrogens with zero attached hydrogens (tertiary/aromatic N) is 5. The molecule has 0 spiro atoms. The van der Waals surface area contributed by atoms with E-state index in [2.05, 4.69) is 41.2 Å². The van der Waals surface area contributed by atoms with E-state index in [9.17, 15) is 9.59 Å². The lowest BCUT2D eigenvalue weighted by Crippen LogP contribution is -2.43. The number of amides is 2. The Bertz CT molecular complexity index is 1120. The first-order valence-corrected chi connectivity index (χ1v) is 11.5. The number of nitrogens with one attached hydrogen (secondary N) is 1. The second kappa shape index (κ2) is 10.0. The second-order valence-corrected chi connectivity index (χ2v) is 9.37. The van der Waals surface area contributed by atoms with Crippen LogP contribution in [0.3, 0.4) is 0 Å². The quantitative estimate of drug-likeness (QED) is 0.604. The molecule has 178 valence electrons. The van der Waals surface area contributed by atoms with Crippen molar-refractivity contribution in [3.63, 3.8) is 0 Å². The highest BCUT2D eigenvalue weighted by Crippen LogP contribution is 2.27. The molecular formula is C25H30N6O3. The second-order valence-electron chi connectivity index (χ2n) is 9.37. The van der Waals surface area contributed by atoms with Crippen molar-refractivity contribution in [3.8, 4) is 11.7 Å². The lowest BCUT2D eigenvalue weighted by molar-refractivity contribution is -0.136. The van der Waals surface area contributed by atoms with Crippen LogP contribution in [0.25, 0.3) is 5.95 Å². The number of ether oxygens (including phenoxy) is 1. The number of piperidine rings is 1. The fraction of sp³-hybridized carbons (Fsp3) is 0.400. The Hall–Kier alpha value is -3.75. The third kappa shape index (κ3) is 5.59. The first-order chi connectivity index (χ1) is 16.3. The van der Waals surface area contributed by atoms with Crippen LogP contribution < -0.4 is 10.1 Å². The summed E-state index contributed by atoms with van der Waals surface area (Å²) in [5, 5.41) is 7.66. The molecule has 0 aliphatic carbocycles. The van der Waals surface area contributed by atoms with Gasteiger partial charge in [0.1, 0.15) is 11.6 Å². The van der Waals surface area contributed by atoms with Crippen LogP contribution in [0.1, 0.15) is 39.3 Å². The van der Waals surface area contributed by atoms with Crippen LogP contribution >= 0.6 is 0 Å². The lowest BCUT2D eigenvalue weighted by atomic mass is 9.92. The van der Waals surface area contributed by atoms with E-state index < -0.39 is 0 Å². The predicted octanol–water partition coefficient (Wildman–Crippen LogP) is 3.22. The molecule has 2 aromatic heterocycles. The Kier molecular flexibility index (Phi) is 6.90. The van der Waals surface area contributed by atoms with Gasteiger partial charge in [-0.25, -0.2) is 9.97 Å². The summed E-state index contributed by atoms with van der Waals surface area (Å²) < 4.78 is 7.13. The molecule has 0 saturated carbocycles. The topological polar surface area (TPSA) is 102 Å². The first kappa shape index (κ1) is 23.4. The van der Waals surface area contributed by atoms with E-state index in [-0.39, 0.29) is 29.8 Å². The maximum Gasteiger partial charge on any atom is 0.260 e. The van der Waals surface area contributed by atoms with E-state index in [1.165, 1.54) is 0 Å². The van der Waals surface area contributed by atoms with E-state index in [1.807, 2.05) is 36.4 Å². The number of hydrogen-bond acceptors (Lipinski definition) is 6. The summed E-state index contributed by atoms with van der Waals surface area (Å²) in [5.74, 6) is 1.24. The van der Waals surface area contributed by atoms with Gasteiger partial charge < -0.3 is 15.0 Å². The number of carbonyl (C=O) groups excluding carboxylic acids is 2. The standard InChI is InChI=1S/C25H30N6O3/c1-25(2,3)20-16-21(31(29-20)24-26-12-7-13-27-24)28-23(33)18-10-14-30(15-11-18)22(32)17-34-19-8-5-4-6-9-19/h4-9,12-13,16,18H,10-11,14-15,17H2,1-3H3,(H,28,33). The van der Waals surface area contributed by atoms with E-state index in [4.69, 9.17) is 4.74 Å². The minimum atomic E-state index is -0.201. The van der Waals surface area contributed by atoms with Crippen molar-refractivity contribution >= 4 is 17.6 Å². The van der Waals surface area contributed by atoms with Crippen LogP contribution in [0, 0.1) is 5.92 Å². The molecule has 1 aromatic carbocycles. The van der Waals surface area contributed by atoms with Gasteiger partial charge in [0, 0.05) is 42.9 Å². The van der Waals surface area contributed by atoms with E-state index in [1.54, 1.807) is 28.0 Å². The molecular weight excluding hydrogens is 432 g/mol. The molecule has 0 bridgehead atoms. The molecule has 1 saturated heterocycles. The highest BCUT2D eigenvalue weighted by Gasteiger charge is 2.29. The molecule has 2 amide bonds. The zero-order valence-electron chi connectivity index (χ0n) is 19.8. The summed E-state index contributed by atoms with van der Waals surface area (Å²) in [7, 11) is 0. The highest BCUT2D eigenvalue weighted by atomic mass is 16.5. The number of rotatable bonds is 6. The number of benzene rings is 1. The molecule has 1 aliphatic heterocycles. The third-order valence-electron chi connectivity index (χ3n) is 5.79. The molecule has 3 heterocycles. The smallest absolute Gasteiger partial charge is 0.260 e. The van der Waals surface area contributed by atoms with Gasteiger partial charge in [0.2, 0.25) is 5.91 Å². The fourth-order valence-corrected chi connectivity index (χ4v) is 3.76. The Labute approximate surface area is 199 Å². The van der Waals surface area contributed by atoms with Gasteiger partial charge in [-0.15, -0.1) is 0 Å². The summed E-state index contributed by atoms with van der Waals surface area (Å²) in [5.41, 5.74) is 0.626. The van der Waals surface area contributed by atoms with Crippen LogP contribution in [-0.2, 0) is 15.0 Å². The normalized spacial score (nSPS) is 14.6. The van der Waals surface area contributed by atoms with Crippen molar-refractivity contribution in [1.29, 1.82) is 0 Å². The van der Waals surface area contributed by atoms with Crippen LogP contribution in [0.2, 0.25) is 0 Å². The maximum atomic E-state index is 13.1. The molecule has 1 N–H and O–H groups in total. The van der Waals surface area contributed by atoms with Gasteiger partial charge in [-0.1, -0.05) is 39.0 Å². The molecule has 0 atom stereocenters. The molecule has 34 heavy (non-hydrogen) atoms. The van der Waals surface area contributed by atoms with Gasteiger partial charge in [0.15, 0.2) is 6.61 Å². The first-order valence-electron chi connectivity index (χ1n) is 11.5. The van der Waals surface area contributed by atoms with Crippen LogP contribution in [0.5, 0.6) is 5.75 Å². The summed E-state index contributed by atoms with van der Waals surface area (Å²) in [6, 6.07) is 12.9. The van der Waals surface area contributed by atoms with Crippen LogP contribution in [0.4, 0.5) is 5.82 Å². The molecule has 0 radical (unpaired) electrons. The van der Waals surface area contributed by atoms with Gasteiger partial charge in [0.25, 0.3) is 11.9 Å². The summed E-state index contributed by atoms with van der Waals surface area (Å²) in [6.45, 7) is 7.21. The Morgan fingerprint density at radius 3 is 2.38 bits per heavy atom. The van der Waals surface area contributed by atoms with Crippen LogP contribution in [0.15, 0.2) is 54.9 Å². The van der Waals surface area contributed by atoms with Crippen molar-refractivity contribution in [1.82, 2.24) is 24.6 Å². The number of aromatic nitrogens is 4. The monoisotopic (exact) mass is 462 g/mol. The van der Waals surface area contributed by atoms with E-state index in [0.29, 0.717) is 43.4 Å². The third-order valence-corrected chi connectivity index (χ3v) is 5.79. The SMILES string of the molecule is CC(C)(C)c1cc(NC(=O)C2CCN(C(=O)COc3ccccc3)CC2)n(-c2ncccn2)n1. The number of para-hydroxylation sites is 1. The average molecular weight is 463 g/mol.